The molecule has 0 fully saturated rings. The molecule has 2 heterocycles. The Kier molecular flexibility index (Phi) is 5.38. The van der Waals surface area contributed by atoms with E-state index in [1.54, 1.807) is 0 Å². The van der Waals surface area contributed by atoms with Gasteiger partial charge in [-0.3, -0.25) is 0 Å². The zero-order valence-electron chi connectivity index (χ0n) is 23.7. The van der Waals surface area contributed by atoms with Gasteiger partial charge >= 0.3 is 0 Å². The molecule has 0 bridgehead atoms. The van der Waals surface area contributed by atoms with Crippen LogP contribution in [0.3, 0.4) is 0 Å². The molecule has 4 heteroatoms. The molecule has 1 aliphatic heterocycles. The van der Waals surface area contributed by atoms with Crippen molar-refractivity contribution in [3.8, 4) is 56.8 Å². The monoisotopic (exact) mass is 563 g/mol. The van der Waals surface area contributed by atoms with Gasteiger partial charge in [0.1, 0.15) is 11.5 Å². The van der Waals surface area contributed by atoms with Gasteiger partial charge in [-0.15, -0.1) is 0 Å². The van der Waals surface area contributed by atoms with Gasteiger partial charge in [0.2, 0.25) is 0 Å². The van der Waals surface area contributed by atoms with Gasteiger partial charge in [0.05, 0.1) is 5.41 Å². The van der Waals surface area contributed by atoms with Crippen LogP contribution in [0.4, 0.5) is 0 Å². The lowest BCUT2D eigenvalue weighted by Gasteiger charge is -2.39. The SMILES string of the molecule is c1ccc(-c2nc(-c3ccccc3)nc(-c3ccc4c(c3)C3(c5ccccc5O4)c4ccccc4-c4ccccc43)n2)cc1. The molecular formula is C40H25N3O. The van der Waals surface area contributed by atoms with Crippen LogP contribution >= 0.6 is 0 Å². The first-order valence-corrected chi connectivity index (χ1v) is 14.8. The number of fused-ring (bicyclic) bond motifs is 9. The number of ether oxygens (including phenoxy) is 1. The van der Waals surface area contributed by atoms with Crippen LogP contribution in [0.2, 0.25) is 0 Å². The van der Waals surface area contributed by atoms with E-state index >= 15 is 0 Å². The lowest BCUT2D eigenvalue weighted by molar-refractivity contribution is 0.436. The minimum atomic E-state index is -0.551. The molecule has 0 N–H and O–H groups in total. The first-order chi connectivity index (χ1) is 21.8. The highest BCUT2D eigenvalue weighted by molar-refractivity contribution is 5.89. The summed E-state index contributed by atoms with van der Waals surface area (Å²) in [5.74, 6) is 3.60. The molecule has 0 atom stereocenters. The summed E-state index contributed by atoms with van der Waals surface area (Å²) in [7, 11) is 0. The third kappa shape index (κ3) is 3.55. The van der Waals surface area contributed by atoms with Gasteiger partial charge < -0.3 is 4.74 Å². The number of aromatic nitrogens is 3. The number of hydrogen-bond acceptors (Lipinski definition) is 4. The van der Waals surface area contributed by atoms with E-state index < -0.39 is 5.41 Å². The summed E-state index contributed by atoms with van der Waals surface area (Å²) in [5.41, 5.74) is 9.44. The highest BCUT2D eigenvalue weighted by atomic mass is 16.5. The maximum Gasteiger partial charge on any atom is 0.164 e. The van der Waals surface area contributed by atoms with Gasteiger partial charge in [-0.1, -0.05) is 127 Å². The number of hydrogen-bond donors (Lipinski definition) is 0. The molecule has 0 saturated carbocycles. The van der Waals surface area contributed by atoms with Crippen molar-refractivity contribution in [1.82, 2.24) is 15.0 Å². The van der Waals surface area contributed by atoms with E-state index in [1.165, 1.54) is 22.3 Å². The zero-order valence-corrected chi connectivity index (χ0v) is 23.7. The smallest absolute Gasteiger partial charge is 0.164 e. The maximum absolute atomic E-state index is 6.62. The van der Waals surface area contributed by atoms with E-state index in [1.807, 2.05) is 66.7 Å². The Bertz CT molecular complexity index is 2110. The summed E-state index contributed by atoms with van der Waals surface area (Å²) in [4.78, 5) is 15.0. The largest absolute Gasteiger partial charge is 0.457 e. The second-order valence-electron chi connectivity index (χ2n) is 11.2. The molecule has 44 heavy (non-hydrogen) atoms. The second kappa shape index (κ2) is 9.58. The van der Waals surface area contributed by atoms with Gasteiger partial charge in [-0.25, -0.2) is 15.0 Å². The predicted molar refractivity (Wildman–Crippen MR) is 174 cm³/mol. The molecule has 1 aliphatic carbocycles. The van der Waals surface area contributed by atoms with Crippen LogP contribution in [-0.2, 0) is 5.41 Å². The molecule has 2 aliphatic rings. The second-order valence-corrected chi connectivity index (χ2v) is 11.2. The van der Waals surface area contributed by atoms with Gasteiger partial charge in [0.15, 0.2) is 17.5 Å². The third-order valence-corrected chi connectivity index (χ3v) is 8.80. The maximum atomic E-state index is 6.62. The van der Waals surface area contributed by atoms with Crippen LogP contribution in [0.25, 0.3) is 45.3 Å². The molecule has 1 aromatic heterocycles. The van der Waals surface area contributed by atoms with Gasteiger partial charge in [0, 0.05) is 27.8 Å². The summed E-state index contributed by atoms with van der Waals surface area (Å²) < 4.78 is 6.62. The summed E-state index contributed by atoms with van der Waals surface area (Å²) in [6.45, 7) is 0. The Morgan fingerprint density at radius 2 is 0.818 bits per heavy atom. The first-order valence-electron chi connectivity index (χ1n) is 14.8. The van der Waals surface area contributed by atoms with E-state index in [2.05, 4.69) is 84.9 Å². The normalized spacial score (nSPS) is 13.4. The minimum Gasteiger partial charge on any atom is -0.457 e. The van der Waals surface area contributed by atoms with Gasteiger partial charge in [-0.05, 0) is 46.5 Å². The lowest BCUT2D eigenvalue weighted by Crippen LogP contribution is -2.32. The Morgan fingerprint density at radius 3 is 1.41 bits per heavy atom. The van der Waals surface area contributed by atoms with Crippen LogP contribution in [0.1, 0.15) is 22.3 Å². The molecule has 0 saturated heterocycles. The highest BCUT2D eigenvalue weighted by Gasteiger charge is 2.51. The minimum absolute atomic E-state index is 0.551. The average molecular weight is 564 g/mol. The molecule has 0 amide bonds. The summed E-state index contributed by atoms with van der Waals surface area (Å²) in [6.07, 6.45) is 0. The fraction of sp³-hybridized carbons (Fsp3) is 0.0250. The molecule has 4 nitrogen and oxygen atoms in total. The molecule has 1 spiro atoms. The molecule has 206 valence electrons. The van der Waals surface area contributed by atoms with E-state index in [-0.39, 0.29) is 0 Å². The van der Waals surface area contributed by atoms with Crippen LogP contribution < -0.4 is 4.74 Å². The van der Waals surface area contributed by atoms with E-state index in [9.17, 15) is 0 Å². The summed E-state index contributed by atoms with van der Waals surface area (Å²) in [5, 5.41) is 0. The fourth-order valence-corrected chi connectivity index (χ4v) is 6.93. The average Bonchev–Trinajstić information content (AvgIpc) is 3.40. The van der Waals surface area contributed by atoms with Gasteiger partial charge in [-0.2, -0.15) is 0 Å². The Balaban J connectivity index is 1.32. The molecule has 9 rings (SSSR count). The number of benzene rings is 6. The van der Waals surface area contributed by atoms with Crippen molar-refractivity contribution < 1.29 is 4.74 Å². The molecule has 6 aromatic carbocycles. The first kappa shape index (κ1) is 24.7. The van der Waals surface area contributed by atoms with Crippen molar-refractivity contribution in [2.24, 2.45) is 0 Å². The number of para-hydroxylation sites is 1. The van der Waals surface area contributed by atoms with Crippen LogP contribution in [0.15, 0.2) is 152 Å². The molecule has 0 radical (unpaired) electrons. The predicted octanol–water partition coefficient (Wildman–Crippen LogP) is 9.34. The fourth-order valence-electron chi connectivity index (χ4n) is 6.93. The molecular weight excluding hydrogens is 538 g/mol. The van der Waals surface area contributed by atoms with Crippen molar-refractivity contribution in [3.05, 3.63) is 174 Å². The third-order valence-electron chi connectivity index (χ3n) is 8.80. The van der Waals surface area contributed by atoms with Crippen LogP contribution in [0.5, 0.6) is 11.5 Å². The van der Waals surface area contributed by atoms with Crippen molar-refractivity contribution >= 4 is 0 Å². The zero-order chi connectivity index (χ0) is 29.1. The van der Waals surface area contributed by atoms with Crippen molar-refractivity contribution in [1.29, 1.82) is 0 Å². The quantitative estimate of drug-likeness (QED) is 0.215. The standard InChI is InChI=1S/C40H25N3O/c1-3-13-26(14-4-1)37-41-38(27-15-5-2-6-16-27)43-39(42-37)28-23-24-36-34(25-28)40(33-21-11-12-22-35(33)44-36)31-19-9-7-17-29(31)30-18-8-10-20-32(30)40/h1-25H. The highest BCUT2D eigenvalue weighted by Crippen LogP contribution is 2.62. The lowest BCUT2D eigenvalue weighted by atomic mass is 9.66. The number of rotatable bonds is 3. The van der Waals surface area contributed by atoms with Crippen molar-refractivity contribution in [2.45, 2.75) is 5.41 Å². The van der Waals surface area contributed by atoms with Gasteiger partial charge in [0.25, 0.3) is 0 Å². The molecule has 7 aromatic rings. The topological polar surface area (TPSA) is 47.9 Å². The Morgan fingerprint density at radius 1 is 0.364 bits per heavy atom. The van der Waals surface area contributed by atoms with E-state index in [0.717, 1.165) is 39.3 Å². The van der Waals surface area contributed by atoms with Crippen molar-refractivity contribution in [3.63, 3.8) is 0 Å². The summed E-state index contributed by atoms with van der Waals surface area (Å²) in [6, 6.07) is 52.5. The summed E-state index contributed by atoms with van der Waals surface area (Å²) >= 11 is 0. The Labute approximate surface area is 255 Å². The van der Waals surface area contributed by atoms with Crippen LogP contribution in [0, 0.1) is 0 Å². The van der Waals surface area contributed by atoms with Crippen LogP contribution in [-0.4, -0.2) is 15.0 Å². The molecule has 0 unspecified atom stereocenters. The van der Waals surface area contributed by atoms with E-state index in [4.69, 9.17) is 19.7 Å². The van der Waals surface area contributed by atoms with E-state index in [0.29, 0.717) is 17.5 Å². The van der Waals surface area contributed by atoms with Crippen molar-refractivity contribution in [2.75, 3.05) is 0 Å². The number of nitrogens with zero attached hydrogens (tertiary/aromatic N) is 3. The Hall–Kier alpha value is -5.87.